The van der Waals surface area contributed by atoms with Crippen molar-refractivity contribution in [1.82, 2.24) is 10.2 Å². The van der Waals surface area contributed by atoms with Gasteiger partial charge in [-0.2, -0.15) is 0 Å². The van der Waals surface area contributed by atoms with Gasteiger partial charge in [-0.1, -0.05) is 12.1 Å². The van der Waals surface area contributed by atoms with E-state index in [1.807, 2.05) is 18.2 Å². The van der Waals surface area contributed by atoms with Crippen molar-refractivity contribution < 1.29 is 9.53 Å². The highest BCUT2D eigenvalue weighted by Crippen LogP contribution is 2.17. The van der Waals surface area contributed by atoms with E-state index in [9.17, 15) is 4.79 Å². The number of hydrogen-bond acceptors (Lipinski definition) is 5. The van der Waals surface area contributed by atoms with Crippen LogP contribution in [0.5, 0.6) is 0 Å². The minimum atomic E-state index is -0.230. The SMILES string of the molecule is O=C(Nc1ccc(NCC2CCCO2)nn1)c1ccccc1Br. The number of carbonyl (C=O) groups excluding carboxylic acids is 1. The molecule has 1 aliphatic heterocycles. The van der Waals surface area contributed by atoms with Crippen molar-refractivity contribution in [3.63, 3.8) is 0 Å². The lowest BCUT2D eigenvalue weighted by atomic mass is 10.2. The summed E-state index contributed by atoms with van der Waals surface area (Å²) in [5, 5.41) is 14.0. The van der Waals surface area contributed by atoms with Crippen molar-refractivity contribution in [2.24, 2.45) is 0 Å². The minimum Gasteiger partial charge on any atom is -0.376 e. The molecule has 1 amide bonds. The number of halogens is 1. The molecule has 23 heavy (non-hydrogen) atoms. The van der Waals surface area contributed by atoms with E-state index in [-0.39, 0.29) is 12.0 Å². The van der Waals surface area contributed by atoms with Crippen molar-refractivity contribution in [3.05, 3.63) is 46.4 Å². The zero-order valence-electron chi connectivity index (χ0n) is 12.5. The van der Waals surface area contributed by atoms with Gasteiger partial charge in [0.2, 0.25) is 0 Å². The van der Waals surface area contributed by atoms with Gasteiger partial charge in [0, 0.05) is 17.6 Å². The highest BCUT2D eigenvalue weighted by molar-refractivity contribution is 9.10. The summed E-state index contributed by atoms with van der Waals surface area (Å²) in [5.74, 6) is 0.847. The fourth-order valence-electron chi connectivity index (χ4n) is 2.35. The molecular weight excluding hydrogens is 360 g/mol. The zero-order chi connectivity index (χ0) is 16.1. The van der Waals surface area contributed by atoms with E-state index in [4.69, 9.17) is 4.74 Å². The molecule has 1 aliphatic rings. The minimum absolute atomic E-state index is 0.230. The van der Waals surface area contributed by atoms with Gasteiger partial charge in [0.1, 0.15) is 5.82 Å². The van der Waals surface area contributed by atoms with Crippen LogP contribution in [0.4, 0.5) is 11.6 Å². The van der Waals surface area contributed by atoms with Crippen LogP contribution in [0, 0.1) is 0 Å². The molecule has 1 aromatic heterocycles. The van der Waals surface area contributed by atoms with Gasteiger partial charge in [0.25, 0.3) is 5.91 Å². The molecule has 2 N–H and O–H groups in total. The van der Waals surface area contributed by atoms with Crippen LogP contribution in [0.3, 0.4) is 0 Å². The molecule has 6 nitrogen and oxygen atoms in total. The van der Waals surface area contributed by atoms with Crippen LogP contribution in [0.1, 0.15) is 23.2 Å². The van der Waals surface area contributed by atoms with Crippen LogP contribution in [-0.4, -0.2) is 35.4 Å². The number of anilines is 2. The molecule has 2 aromatic rings. The Hall–Kier alpha value is -1.99. The standard InChI is InChI=1S/C16H17BrN4O2/c17-13-6-2-1-5-12(13)16(22)19-15-8-7-14(20-21-15)18-10-11-4-3-9-23-11/h1-2,5-8,11H,3-4,9-10H2,(H,18,20)(H,19,21,22). The summed E-state index contributed by atoms with van der Waals surface area (Å²) in [7, 11) is 0. The molecule has 3 rings (SSSR count). The molecule has 2 heterocycles. The lowest BCUT2D eigenvalue weighted by molar-refractivity contribution is 0.102. The smallest absolute Gasteiger partial charge is 0.258 e. The van der Waals surface area contributed by atoms with E-state index >= 15 is 0 Å². The third-order valence-electron chi connectivity index (χ3n) is 3.56. The van der Waals surface area contributed by atoms with E-state index in [1.54, 1.807) is 18.2 Å². The van der Waals surface area contributed by atoms with Crippen molar-refractivity contribution in [1.29, 1.82) is 0 Å². The van der Waals surface area contributed by atoms with Gasteiger partial charge in [0.05, 0.1) is 11.7 Å². The molecule has 120 valence electrons. The summed E-state index contributed by atoms with van der Waals surface area (Å²) in [5.41, 5.74) is 0.551. The summed E-state index contributed by atoms with van der Waals surface area (Å²) in [6.07, 6.45) is 2.42. The van der Waals surface area contributed by atoms with Gasteiger partial charge >= 0.3 is 0 Å². The number of ether oxygens (including phenoxy) is 1. The van der Waals surface area contributed by atoms with E-state index < -0.39 is 0 Å². The Balaban J connectivity index is 1.56. The lowest BCUT2D eigenvalue weighted by Crippen LogP contribution is -2.19. The average molecular weight is 377 g/mol. The Bertz CT molecular complexity index is 672. The van der Waals surface area contributed by atoms with Gasteiger partial charge in [0.15, 0.2) is 5.82 Å². The average Bonchev–Trinajstić information content (AvgIpc) is 3.08. The highest BCUT2D eigenvalue weighted by Gasteiger charge is 2.15. The summed E-state index contributed by atoms with van der Waals surface area (Å²) in [4.78, 5) is 12.2. The predicted molar refractivity (Wildman–Crippen MR) is 91.6 cm³/mol. The van der Waals surface area contributed by atoms with Crippen LogP contribution in [-0.2, 0) is 4.74 Å². The van der Waals surface area contributed by atoms with Crippen LogP contribution < -0.4 is 10.6 Å². The fraction of sp³-hybridized carbons (Fsp3) is 0.312. The number of aromatic nitrogens is 2. The number of benzene rings is 1. The number of carbonyl (C=O) groups is 1. The largest absolute Gasteiger partial charge is 0.376 e. The van der Waals surface area contributed by atoms with Crippen LogP contribution in [0.25, 0.3) is 0 Å². The summed E-state index contributed by atoms with van der Waals surface area (Å²) in [6, 6.07) is 10.7. The molecule has 1 unspecified atom stereocenters. The van der Waals surface area contributed by atoms with Gasteiger partial charge in [-0.15, -0.1) is 10.2 Å². The Labute approximate surface area is 142 Å². The number of nitrogens with one attached hydrogen (secondary N) is 2. The normalized spacial score (nSPS) is 17.0. The Morgan fingerprint density at radius 3 is 2.70 bits per heavy atom. The second-order valence-corrected chi connectivity index (χ2v) is 6.11. The molecule has 0 bridgehead atoms. The fourth-order valence-corrected chi connectivity index (χ4v) is 2.81. The first-order chi connectivity index (χ1) is 11.2. The van der Waals surface area contributed by atoms with Crippen molar-refractivity contribution in [2.75, 3.05) is 23.8 Å². The maximum Gasteiger partial charge on any atom is 0.258 e. The quantitative estimate of drug-likeness (QED) is 0.838. The van der Waals surface area contributed by atoms with Gasteiger partial charge in [-0.3, -0.25) is 4.79 Å². The molecule has 7 heteroatoms. The first-order valence-corrected chi connectivity index (χ1v) is 8.27. The molecule has 0 saturated carbocycles. The van der Waals surface area contributed by atoms with Crippen LogP contribution in [0.2, 0.25) is 0 Å². The maximum absolute atomic E-state index is 12.2. The highest BCUT2D eigenvalue weighted by atomic mass is 79.9. The molecule has 0 radical (unpaired) electrons. The van der Waals surface area contributed by atoms with E-state index in [0.717, 1.165) is 30.5 Å². The molecule has 0 spiro atoms. The first-order valence-electron chi connectivity index (χ1n) is 7.47. The number of nitrogens with zero attached hydrogens (tertiary/aromatic N) is 2. The van der Waals surface area contributed by atoms with E-state index in [1.165, 1.54) is 0 Å². The predicted octanol–water partition coefficient (Wildman–Crippen LogP) is 3.08. The third-order valence-corrected chi connectivity index (χ3v) is 4.25. The zero-order valence-corrected chi connectivity index (χ0v) is 14.0. The molecule has 0 aliphatic carbocycles. The Morgan fingerprint density at radius 1 is 1.22 bits per heavy atom. The van der Waals surface area contributed by atoms with Crippen molar-refractivity contribution in [3.8, 4) is 0 Å². The second kappa shape index (κ2) is 7.52. The third kappa shape index (κ3) is 4.27. The monoisotopic (exact) mass is 376 g/mol. The van der Waals surface area contributed by atoms with Crippen LogP contribution >= 0.6 is 15.9 Å². The molecule has 1 saturated heterocycles. The topological polar surface area (TPSA) is 76.1 Å². The number of amides is 1. The maximum atomic E-state index is 12.2. The van der Waals surface area contributed by atoms with Crippen LogP contribution in [0.15, 0.2) is 40.9 Å². The molecular formula is C16H17BrN4O2. The van der Waals surface area contributed by atoms with Gasteiger partial charge < -0.3 is 15.4 Å². The second-order valence-electron chi connectivity index (χ2n) is 5.25. The number of hydrogen-bond donors (Lipinski definition) is 2. The summed E-state index contributed by atoms with van der Waals surface area (Å²) >= 11 is 3.36. The van der Waals surface area contributed by atoms with Gasteiger partial charge in [-0.05, 0) is 53.0 Å². The van der Waals surface area contributed by atoms with Crippen molar-refractivity contribution >= 4 is 33.5 Å². The number of rotatable bonds is 5. The van der Waals surface area contributed by atoms with E-state index in [2.05, 4.69) is 36.8 Å². The Morgan fingerprint density at radius 2 is 2.00 bits per heavy atom. The summed E-state index contributed by atoms with van der Waals surface area (Å²) < 4.78 is 6.28. The van der Waals surface area contributed by atoms with Gasteiger partial charge in [-0.25, -0.2) is 0 Å². The van der Waals surface area contributed by atoms with Crippen molar-refractivity contribution in [2.45, 2.75) is 18.9 Å². The molecule has 1 aromatic carbocycles. The first kappa shape index (κ1) is 15.9. The summed E-state index contributed by atoms with van der Waals surface area (Å²) in [6.45, 7) is 1.55. The van der Waals surface area contributed by atoms with E-state index in [0.29, 0.717) is 17.2 Å². The Kier molecular flexibility index (Phi) is 5.19. The molecule has 1 fully saturated rings. The molecule has 1 atom stereocenters. The lowest BCUT2D eigenvalue weighted by Gasteiger charge is -2.11.